The SMILES string of the molecule is CCOc1ccc(NC(=O)c2ccc(NCC(=O)Nc3ccc(C)cc3C)cc2)cc1. The molecule has 3 aromatic rings. The first-order chi connectivity index (χ1) is 14.9. The van der Waals surface area contributed by atoms with Gasteiger partial charge in [0.2, 0.25) is 5.91 Å². The summed E-state index contributed by atoms with van der Waals surface area (Å²) in [4.78, 5) is 24.7. The number of hydrogen-bond donors (Lipinski definition) is 3. The van der Waals surface area contributed by atoms with Crippen molar-refractivity contribution in [2.75, 3.05) is 29.1 Å². The van der Waals surface area contributed by atoms with Gasteiger partial charge in [-0.1, -0.05) is 17.7 Å². The number of anilines is 3. The van der Waals surface area contributed by atoms with Gasteiger partial charge in [0.15, 0.2) is 0 Å². The van der Waals surface area contributed by atoms with Crippen LogP contribution in [0.15, 0.2) is 66.7 Å². The molecule has 3 aromatic carbocycles. The molecule has 0 fully saturated rings. The van der Waals surface area contributed by atoms with Crippen LogP contribution in [-0.4, -0.2) is 25.0 Å². The maximum Gasteiger partial charge on any atom is 0.255 e. The molecule has 3 rings (SSSR count). The van der Waals surface area contributed by atoms with E-state index in [4.69, 9.17) is 4.74 Å². The van der Waals surface area contributed by atoms with Crippen molar-refractivity contribution in [1.82, 2.24) is 0 Å². The average molecular weight is 418 g/mol. The monoisotopic (exact) mass is 417 g/mol. The maximum atomic E-state index is 12.4. The van der Waals surface area contributed by atoms with Crippen molar-refractivity contribution in [3.8, 4) is 5.75 Å². The normalized spacial score (nSPS) is 10.3. The van der Waals surface area contributed by atoms with E-state index < -0.39 is 0 Å². The molecule has 0 aliphatic carbocycles. The van der Waals surface area contributed by atoms with Gasteiger partial charge < -0.3 is 20.7 Å². The molecule has 0 spiro atoms. The van der Waals surface area contributed by atoms with E-state index in [0.29, 0.717) is 17.9 Å². The van der Waals surface area contributed by atoms with Crippen molar-refractivity contribution in [3.05, 3.63) is 83.4 Å². The second-order valence-corrected chi connectivity index (χ2v) is 7.21. The first-order valence-corrected chi connectivity index (χ1v) is 10.2. The second kappa shape index (κ2) is 10.3. The van der Waals surface area contributed by atoms with Crippen molar-refractivity contribution in [2.45, 2.75) is 20.8 Å². The molecule has 0 unspecified atom stereocenters. The minimum atomic E-state index is -0.205. The fourth-order valence-corrected chi connectivity index (χ4v) is 3.07. The Morgan fingerprint density at radius 2 is 1.52 bits per heavy atom. The molecule has 0 saturated heterocycles. The molecule has 0 atom stereocenters. The van der Waals surface area contributed by atoms with E-state index in [0.717, 1.165) is 28.3 Å². The van der Waals surface area contributed by atoms with E-state index >= 15 is 0 Å². The van der Waals surface area contributed by atoms with Gasteiger partial charge in [0.25, 0.3) is 5.91 Å². The number of ether oxygens (including phenoxy) is 1. The minimum absolute atomic E-state index is 0.130. The summed E-state index contributed by atoms with van der Waals surface area (Å²) in [6.45, 7) is 6.63. The minimum Gasteiger partial charge on any atom is -0.494 e. The van der Waals surface area contributed by atoms with Gasteiger partial charge in [-0.15, -0.1) is 0 Å². The molecule has 6 nitrogen and oxygen atoms in total. The van der Waals surface area contributed by atoms with E-state index in [1.54, 1.807) is 36.4 Å². The van der Waals surface area contributed by atoms with E-state index in [1.165, 1.54) is 0 Å². The van der Waals surface area contributed by atoms with Crippen LogP contribution in [0.5, 0.6) is 5.75 Å². The van der Waals surface area contributed by atoms with Crippen LogP contribution in [0.3, 0.4) is 0 Å². The smallest absolute Gasteiger partial charge is 0.255 e. The van der Waals surface area contributed by atoms with Crippen LogP contribution >= 0.6 is 0 Å². The highest BCUT2D eigenvalue weighted by atomic mass is 16.5. The standard InChI is InChI=1S/C25H27N3O3/c1-4-31-22-12-10-21(11-13-22)27-25(30)19-6-8-20(9-7-19)26-16-24(29)28-23-14-5-17(2)15-18(23)3/h5-15,26H,4,16H2,1-3H3,(H,27,30)(H,28,29). The maximum absolute atomic E-state index is 12.4. The number of benzene rings is 3. The number of amides is 2. The predicted molar refractivity (Wildman–Crippen MR) is 125 cm³/mol. The molecular formula is C25H27N3O3. The second-order valence-electron chi connectivity index (χ2n) is 7.21. The van der Waals surface area contributed by atoms with Crippen molar-refractivity contribution in [3.63, 3.8) is 0 Å². The zero-order valence-corrected chi connectivity index (χ0v) is 18.0. The van der Waals surface area contributed by atoms with Gasteiger partial charge in [-0.2, -0.15) is 0 Å². The highest BCUT2D eigenvalue weighted by Gasteiger charge is 2.08. The summed E-state index contributed by atoms with van der Waals surface area (Å²) >= 11 is 0. The van der Waals surface area contributed by atoms with Gasteiger partial charge in [0.05, 0.1) is 13.2 Å². The number of carbonyl (C=O) groups excluding carboxylic acids is 2. The van der Waals surface area contributed by atoms with Gasteiger partial charge in [0, 0.05) is 22.6 Å². The van der Waals surface area contributed by atoms with Gasteiger partial charge >= 0.3 is 0 Å². The number of nitrogens with one attached hydrogen (secondary N) is 3. The summed E-state index contributed by atoms with van der Waals surface area (Å²) in [5, 5.41) is 8.83. The number of hydrogen-bond acceptors (Lipinski definition) is 4. The van der Waals surface area contributed by atoms with Gasteiger partial charge in [-0.3, -0.25) is 9.59 Å². The molecule has 2 amide bonds. The Morgan fingerprint density at radius 1 is 0.839 bits per heavy atom. The summed E-state index contributed by atoms with van der Waals surface area (Å²) in [5.74, 6) is 0.421. The third-order valence-electron chi connectivity index (χ3n) is 4.68. The van der Waals surface area contributed by atoms with E-state index in [-0.39, 0.29) is 18.4 Å². The highest BCUT2D eigenvalue weighted by Crippen LogP contribution is 2.18. The van der Waals surface area contributed by atoms with E-state index in [9.17, 15) is 9.59 Å². The highest BCUT2D eigenvalue weighted by molar-refractivity contribution is 6.04. The summed E-state index contributed by atoms with van der Waals surface area (Å²) in [6, 6.07) is 20.1. The van der Waals surface area contributed by atoms with Crippen molar-refractivity contribution >= 4 is 28.9 Å². The molecule has 0 bridgehead atoms. The van der Waals surface area contributed by atoms with Crippen molar-refractivity contribution in [2.24, 2.45) is 0 Å². The Bertz CT molecular complexity index is 1040. The largest absolute Gasteiger partial charge is 0.494 e. The molecule has 31 heavy (non-hydrogen) atoms. The lowest BCUT2D eigenvalue weighted by atomic mass is 10.1. The fraction of sp³-hybridized carbons (Fsp3) is 0.200. The predicted octanol–water partition coefficient (Wildman–Crippen LogP) is 5.01. The first-order valence-electron chi connectivity index (χ1n) is 10.2. The van der Waals surface area contributed by atoms with Crippen molar-refractivity contribution < 1.29 is 14.3 Å². The molecule has 0 aliphatic heterocycles. The lowest BCUT2D eigenvalue weighted by molar-refractivity contribution is -0.114. The van der Waals surface area contributed by atoms with Gasteiger partial charge in [-0.25, -0.2) is 0 Å². The Balaban J connectivity index is 1.51. The van der Waals surface area contributed by atoms with E-state index in [1.807, 2.05) is 51.1 Å². The van der Waals surface area contributed by atoms with Crippen LogP contribution < -0.4 is 20.7 Å². The number of rotatable bonds is 8. The van der Waals surface area contributed by atoms with Crippen LogP contribution in [0.2, 0.25) is 0 Å². The Labute approximate surface area is 182 Å². The number of aryl methyl sites for hydroxylation is 2. The lowest BCUT2D eigenvalue weighted by Gasteiger charge is -2.11. The summed E-state index contributed by atoms with van der Waals surface area (Å²) < 4.78 is 5.40. The zero-order valence-electron chi connectivity index (χ0n) is 18.0. The van der Waals surface area contributed by atoms with E-state index in [2.05, 4.69) is 16.0 Å². The average Bonchev–Trinajstić information content (AvgIpc) is 2.76. The van der Waals surface area contributed by atoms with Crippen LogP contribution in [-0.2, 0) is 4.79 Å². The number of carbonyl (C=O) groups is 2. The molecule has 0 saturated carbocycles. The summed E-state index contributed by atoms with van der Waals surface area (Å²) in [6.07, 6.45) is 0. The fourth-order valence-electron chi connectivity index (χ4n) is 3.07. The molecule has 0 aliphatic rings. The third kappa shape index (κ3) is 6.34. The zero-order chi connectivity index (χ0) is 22.2. The quantitative estimate of drug-likeness (QED) is 0.482. The van der Waals surface area contributed by atoms with Crippen LogP contribution in [0.1, 0.15) is 28.4 Å². The van der Waals surface area contributed by atoms with Crippen LogP contribution in [0.25, 0.3) is 0 Å². The third-order valence-corrected chi connectivity index (χ3v) is 4.68. The van der Waals surface area contributed by atoms with Crippen LogP contribution in [0.4, 0.5) is 17.1 Å². The summed E-state index contributed by atoms with van der Waals surface area (Å²) in [5.41, 5.74) is 4.96. The van der Waals surface area contributed by atoms with Gasteiger partial charge in [0.1, 0.15) is 5.75 Å². The molecule has 160 valence electrons. The molecular weight excluding hydrogens is 390 g/mol. The molecule has 0 heterocycles. The Hall–Kier alpha value is -3.80. The lowest BCUT2D eigenvalue weighted by Crippen LogP contribution is -2.22. The molecule has 0 aromatic heterocycles. The molecule has 3 N–H and O–H groups in total. The first kappa shape index (κ1) is 21.9. The van der Waals surface area contributed by atoms with Crippen molar-refractivity contribution in [1.29, 1.82) is 0 Å². The molecule has 6 heteroatoms. The Kier molecular flexibility index (Phi) is 7.27. The topological polar surface area (TPSA) is 79.5 Å². The van der Waals surface area contributed by atoms with Crippen LogP contribution in [0, 0.1) is 13.8 Å². The summed E-state index contributed by atoms with van der Waals surface area (Å²) in [7, 11) is 0. The molecule has 0 radical (unpaired) electrons. The van der Waals surface area contributed by atoms with Gasteiger partial charge in [-0.05, 0) is 80.9 Å². The Morgan fingerprint density at radius 3 is 2.16 bits per heavy atom.